The maximum Gasteiger partial charge on any atom is -0.00377 e. The van der Waals surface area contributed by atoms with E-state index in [1.807, 2.05) is 13.8 Å². The number of unbranched alkanes of at least 4 members (excludes halogenated alkanes) is 1. The Kier molecular flexibility index (Phi) is 16.5. The highest BCUT2D eigenvalue weighted by Crippen LogP contribution is 2.37. The van der Waals surface area contributed by atoms with Gasteiger partial charge >= 0.3 is 0 Å². The lowest BCUT2D eigenvalue weighted by molar-refractivity contribution is 0.452. The lowest BCUT2D eigenvalue weighted by Crippen LogP contribution is -2.21. The zero-order valence-corrected chi connectivity index (χ0v) is 25.2. The van der Waals surface area contributed by atoms with Gasteiger partial charge in [-0.05, 0) is 88.5 Å². The third kappa shape index (κ3) is 12.4. The largest absolute Gasteiger partial charge is 0.0958 e. The number of aryl methyl sites for hydroxylation is 1. The minimum absolute atomic E-state index is 0.189. The molecule has 1 unspecified atom stereocenters. The monoisotopic (exact) mass is 486 g/mol. The third-order valence-corrected chi connectivity index (χ3v) is 6.83. The first-order chi connectivity index (χ1) is 16.9. The minimum atomic E-state index is 0.189. The van der Waals surface area contributed by atoms with E-state index in [1.165, 1.54) is 51.8 Å². The third-order valence-electron chi connectivity index (χ3n) is 6.83. The summed E-state index contributed by atoms with van der Waals surface area (Å²) in [5.41, 5.74) is 10.6. The molecule has 0 spiro atoms. The molecule has 0 aromatic heterocycles. The summed E-state index contributed by atoms with van der Waals surface area (Å²) in [4.78, 5) is 0. The average Bonchev–Trinajstić information content (AvgIpc) is 3.39. The standard InChI is InChI=1S/C19H24.C13H20.C4H10/c1-5-19(4,18-12-10-15(2)11-13-18)14-16(3)17-8-6-7-9-17;1-7-8-13(11(4)5)9-12(6)10(2)3;1-3-4-2/h6-8,10-13H,3,5,9,14H2,1-2,4H3;7-9H,2H2,1,3-6H3;3-4H2,1-2H3/b;8-7-,12-9+;. The van der Waals surface area contributed by atoms with Gasteiger partial charge in [0.25, 0.3) is 0 Å². The molecule has 1 aliphatic rings. The number of hydrogen-bond donors (Lipinski definition) is 0. The van der Waals surface area contributed by atoms with Crippen LogP contribution in [0.3, 0.4) is 0 Å². The predicted octanol–water partition coefficient (Wildman–Crippen LogP) is 11.7. The van der Waals surface area contributed by atoms with Crippen LogP contribution in [0, 0.1) is 6.92 Å². The highest BCUT2D eigenvalue weighted by molar-refractivity contribution is 5.41. The van der Waals surface area contributed by atoms with Crippen LogP contribution in [0.5, 0.6) is 0 Å². The Morgan fingerprint density at radius 3 is 1.94 bits per heavy atom. The lowest BCUT2D eigenvalue weighted by atomic mass is 9.74. The van der Waals surface area contributed by atoms with Gasteiger partial charge in [0.15, 0.2) is 0 Å². The van der Waals surface area contributed by atoms with Crippen LogP contribution in [0.1, 0.15) is 106 Å². The second-order valence-corrected chi connectivity index (χ2v) is 10.4. The first kappa shape index (κ1) is 33.4. The van der Waals surface area contributed by atoms with Gasteiger partial charge < -0.3 is 0 Å². The molecule has 0 radical (unpaired) electrons. The molecule has 0 bridgehead atoms. The Balaban J connectivity index is 0.000000627. The van der Waals surface area contributed by atoms with Gasteiger partial charge in [-0.2, -0.15) is 0 Å². The average molecular weight is 487 g/mol. The van der Waals surface area contributed by atoms with Gasteiger partial charge in [0, 0.05) is 0 Å². The van der Waals surface area contributed by atoms with Gasteiger partial charge in [-0.3, -0.25) is 0 Å². The van der Waals surface area contributed by atoms with E-state index in [0.717, 1.165) is 24.8 Å². The summed E-state index contributed by atoms with van der Waals surface area (Å²) in [5.74, 6) is 0. The Morgan fingerprint density at radius 2 is 1.56 bits per heavy atom. The molecule has 36 heavy (non-hydrogen) atoms. The number of allylic oxidation sites excluding steroid dienone is 12. The molecule has 0 nitrogen and oxygen atoms in total. The molecule has 198 valence electrons. The summed E-state index contributed by atoms with van der Waals surface area (Å²) in [7, 11) is 0. The van der Waals surface area contributed by atoms with Gasteiger partial charge in [0.1, 0.15) is 0 Å². The lowest BCUT2D eigenvalue weighted by Gasteiger charge is -2.30. The van der Waals surface area contributed by atoms with Crippen LogP contribution < -0.4 is 0 Å². The van der Waals surface area contributed by atoms with Crippen molar-refractivity contribution in [3.63, 3.8) is 0 Å². The second kappa shape index (κ2) is 17.8. The SMILES string of the molecule is C=C(C)/C(C)=C/C(/C=C\C)=C(C)C.C=C(CC(C)(CC)c1ccc(C)cc1)C1=CC=CC1.CCCC. The number of benzene rings is 1. The van der Waals surface area contributed by atoms with Crippen LogP contribution >= 0.6 is 0 Å². The molecule has 2 rings (SSSR count). The molecule has 0 heteroatoms. The van der Waals surface area contributed by atoms with Crippen molar-refractivity contribution in [2.24, 2.45) is 0 Å². The fourth-order valence-electron chi connectivity index (χ4n) is 3.58. The van der Waals surface area contributed by atoms with Crippen LogP contribution in [-0.4, -0.2) is 0 Å². The molecule has 1 aliphatic carbocycles. The summed E-state index contributed by atoms with van der Waals surface area (Å²) in [6, 6.07) is 8.96. The predicted molar refractivity (Wildman–Crippen MR) is 167 cm³/mol. The summed E-state index contributed by atoms with van der Waals surface area (Å²) < 4.78 is 0. The number of rotatable bonds is 9. The molecule has 0 saturated carbocycles. The van der Waals surface area contributed by atoms with Crippen molar-refractivity contribution in [2.75, 3.05) is 0 Å². The Hall–Kier alpha value is -2.60. The molecule has 1 aromatic rings. The minimum Gasteiger partial charge on any atom is -0.0958 e. The van der Waals surface area contributed by atoms with Gasteiger partial charge in [-0.15, -0.1) is 0 Å². The highest BCUT2D eigenvalue weighted by Gasteiger charge is 2.26. The van der Waals surface area contributed by atoms with Crippen molar-refractivity contribution < 1.29 is 0 Å². The molecule has 1 aromatic carbocycles. The van der Waals surface area contributed by atoms with Gasteiger partial charge in [-0.25, -0.2) is 0 Å². The molecule has 0 amide bonds. The quantitative estimate of drug-likeness (QED) is 0.304. The van der Waals surface area contributed by atoms with Crippen LogP contribution in [-0.2, 0) is 5.41 Å². The van der Waals surface area contributed by atoms with Crippen LogP contribution in [0.15, 0.2) is 107 Å². The molecule has 0 N–H and O–H groups in total. The molecule has 0 heterocycles. The maximum absolute atomic E-state index is 4.30. The van der Waals surface area contributed by atoms with Crippen molar-refractivity contribution in [1.82, 2.24) is 0 Å². The molecular formula is C36H54. The smallest absolute Gasteiger partial charge is 0.00377 e. The van der Waals surface area contributed by atoms with E-state index >= 15 is 0 Å². The molecule has 0 aliphatic heterocycles. The van der Waals surface area contributed by atoms with E-state index in [1.54, 1.807) is 0 Å². The van der Waals surface area contributed by atoms with E-state index < -0.39 is 0 Å². The van der Waals surface area contributed by atoms with Crippen molar-refractivity contribution >= 4 is 0 Å². The molecule has 0 fully saturated rings. The first-order valence-electron chi connectivity index (χ1n) is 13.7. The van der Waals surface area contributed by atoms with Crippen LogP contribution in [0.25, 0.3) is 0 Å². The summed E-state index contributed by atoms with van der Waals surface area (Å²) in [5, 5.41) is 0. The Bertz CT molecular complexity index is 963. The Labute approximate surface area is 225 Å². The van der Waals surface area contributed by atoms with Crippen LogP contribution in [0.2, 0.25) is 0 Å². The maximum atomic E-state index is 4.30. The first-order valence-corrected chi connectivity index (χ1v) is 13.7. The van der Waals surface area contributed by atoms with E-state index in [4.69, 9.17) is 0 Å². The fraction of sp³-hybridized carbons (Fsp3) is 0.444. The topological polar surface area (TPSA) is 0 Å². The molecule has 0 saturated heterocycles. The van der Waals surface area contributed by atoms with Crippen molar-refractivity contribution in [1.29, 1.82) is 0 Å². The van der Waals surface area contributed by atoms with E-state index in [-0.39, 0.29) is 5.41 Å². The summed E-state index contributed by atoms with van der Waals surface area (Å²) in [6.45, 7) is 29.7. The fourth-order valence-corrected chi connectivity index (χ4v) is 3.58. The van der Waals surface area contributed by atoms with Gasteiger partial charge in [-0.1, -0.05) is 137 Å². The normalized spacial score (nSPS) is 14.2. The van der Waals surface area contributed by atoms with Crippen molar-refractivity contribution in [2.45, 2.75) is 107 Å². The Morgan fingerprint density at radius 1 is 0.972 bits per heavy atom. The van der Waals surface area contributed by atoms with Crippen LogP contribution in [0.4, 0.5) is 0 Å². The zero-order chi connectivity index (χ0) is 27.7. The van der Waals surface area contributed by atoms with E-state index in [2.05, 4.69) is 129 Å². The van der Waals surface area contributed by atoms with Crippen molar-refractivity contribution in [3.05, 3.63) is 118 Å². The van der Waals surface area contributed by atoms with E-state index in [9.17, 15) is 0 Å². The van der Waals surface area contributed by atoms with Crippen molar-refractivity contribution in [3.8, 4) is 0 Å². The number of hydrogen-bond acceptors (Lipinski definition) is 0. The second-order valence-electron chi connectivity index (χ2n) is 10.4. The van der Waals surface area contributed by atoms with Gasteiger partial charge in [0.05, 0.1) is 0 Å². The summed E-state index contributed by atoms with van der Waals surface area (Å²) in [6.07, 6.45) is 18.8. The zero-order valence-electron chi connectivity index (χ0n) is 25.2. The summed E-state index contributed by atoms with van der Waals surface area (Å²) >= 11 is 0. The van der Waals surface area contributed by atoms with E-state index in [0.29, 0.717) is 0 Å². The molecule has 1 atom stereocenters. The molecular weight excluding hydrogens is 432 g/mol. The highest BCUT2D eigenvalue weighted by atomic mass is 14.3. The van der Waals surface area contributed by atoms with Gasteiger partial charge in [0.2, 0.25) is 0 Å².